The molecule has 176 valence electrons. The predicted molar refractivity (Wildman–Crippen MR) is 122 cm³/mol. The lowest BCUT2D eigenvalue weighted by atomic mass is 9.99. The van der Waals surface area contributed by atoms with Gasteiger partial charge in [0.2, 0.25) is 21.8 Å². The van der Waals surface area contributed by atoms with Gasteiger partial charge in [-0.2, -0.15) is 0 Å². The van der Waals surface area contributed by atoms with E-state index in [2.05, 4.69) is 10.0 Å². The Hall–Kier alpha value is -2.65. The minimum Gasteiger partial charge on any atom is -0.467 e. The van der Waals surface area contributed by atoms with Gasteiger partial charge >= 0.3 is 0 Å². The van der Waals surface area contributed by atoms with E-state index in [0.29, 0.717) is 5.76 Å². The van der Waals surface area contributed by atoms with E-state index < -0.39 is 34.1 Å². The molecule has 8 nitrogen and oxygen atoms in total. The fraction of sp³-hybridized carbons (Fsp3) is 0.478. The van der Waals surface area contributed by atoms with E-state index in [0.717, 1.165) is 5.56 Å². The molecule has 0 fully saturated rings. The SMILES string of the molecule is Cc1ccc(S(=O)(=O)NCC(=O)N(Cc2ccco2)C(C(=O)NC(C)(C)C)C(C)C)cc1. The highest BCUT2D eigenvalue weighted by Crippen LogP contribution is 2.18. The number of carbonyl (C=O) groups excluding carboxylic acids is 2. The molecular weight excluding hydrogens is 430 g/mol. The number of carbonyl (C=O) groups is 2. The van der Waals surface area contributed by atoms with E-state index >= 15 is 0 Å². The van der Waals surface area contributed by atoms with Crippen LogP contribution in [-0.4, -0.2) is 43.3 Å². The van der Waals surface area contributed by atoms with Gasteiger partial charge in [-0.1, -0.05) is 31.5 Å². The maximum atomic E-state index is 13.2. The standard InChI is InChI=1S/C23H33N3O5S/c1-16(2)21(22(28)25-23(4,5)6)26(15-18-8-7-13-31-18)20(27)14-24-32(29,30)19-11-9-17(3)10-12-19/h7-13,16,21,24H,14-15H2,1-6H3,(H,25,28). The molecule has 1 aromatic heterocycles. The first-order chi connectivity index (χ1) is 14.8. The number of rotatable bonds is 9. The second kappa shape index (κ2) is 10.3. The smallest absolute Gasteiger partial charge is 0.243 e. The van der Waals surface area contributed by atoms with Gasteiger partial charge in [0.05, 0.1) is 24.2 Å². The summed E-state index contributed by atoms with van der Waals surface area (Å²) in [5, 5.41) is 2.92. The molecule has 0 saturated carbocycles. The van der Waals surface area contributed by atoms with Crippen molar-refractivity contribution in [3.8, 4) is 0 Å². The van der Waals surface area contributed by atoms with Crippen LogP contribution < -0.4 is 10.0 Å². The third-order valence-electron chi connectivity index (χ3n) is 4.71. The highest BCUT2D eigenvalue weighted by atomic mass is 32.2. The molecule has 1 heterocycles. The summed E-state index contributed by atoms with van der Waals surface area (Å²) in [7, 11) is -3.88. The Labute approximate surface area is 190 Å². The van der Waals surface area contributed by atoms with Crippen LogP contribution in [0.25, 0.3) is 0 Å². The number of nitrogens with one attached hydrogen (secondary N) is 2. The number of benzene rings is 1. The van der Waals surface area contributed by atoms with Gasteiger partial charge in [0.25, 0.3) is 0 Å². The van der Waals surface area contributed by atoms with E-state index in [1.165, 1.54) is 23.3 Å². The Bertz CT molecular complexity index is 1010. The summed E-state index contributed by atoms with van der Waals surface area (Å²) in [5.74, 6) is -0.562. The van der Waals surface area contributed by atoms with Gasteiger partial charge in [0.1, 0.15) is 11.8 Å². The van der Waals surface area contributed by atoms with Crippen LogP contribution >= 0.6 is 0 Å². The van der Waals surface area contributed by atoms with Crippen molar-refractivity contribution in [1.82, 2.24) is 14.9 Å². The van der Waals surface area contributed by atoms with Crippen LogP contribution in [-0.2, 0) is 26.2 Å². The van der Waals surface area contributed by atoms with Crippen LogP contribution in [0.4, 0.5) is 0 Å². The van der Waals surface area contributed by atoms with Crippen LogP contribution in [0.3, 0.4) is 0 Å². The largest absolute Gasteiger partial charge is 0.467 e. The van der Waals surface area contributed by atoms with Gasteiger partial charge in [-0.05, 0) is 57.9 Å². The van der Waals surface area contributed by atoms with Crippen molar-refractivity contribution in [3.63, 3.8) is 0 Å². The summed E-state index contributed by atoms with van der Waals surface area (Å²) in [4.78, 5) is 27.7. The molecule has 1 unspecified atom stereocenters. The van der Waals surface area contributed by atoms with Crippen LogP contribution in [0.1, 0.15) is 45.9 Å². The molecule has 0 aliphatic rings. The van der Waals surface area contributed by atoms with Crippen molar-refractivity contribution in [2.45, 2.75) is 64.6 Å². The molecule has 0 aliphatic heterocycles. The monoisotopic (exact) mass is 463 g/mol. The molecule has 1 aromatic carbocycles. The third-order valence-corrected chi connectivity index (χ3v) is 6.12. The molecule has 1 atom stereocenters. The molecule has 0 aliphatic carbocycles. The fourth-order valence-corrected chi connectivity index (χ4v) is 4.19. The molecule has 9 heteroatoms. The molecule has 0 spiro atoms. The van der Waals surface area contributed by atoms with E-state index in [9.17, 15) is 18.0 Å². The van der Waals surface area contributed by atoms with Gasteiger partial charge in [0, 0.05) is 5.54 Å². The first kappa shape index (κ1) is 25.6. The normalized spacial score (nSPS) is 13.1. The topological polar surface area (TPSA) is 109 Å². The lowest BCUT2D eigenvalue weighted by Crippen LogP contribution is -2.57. The lowest BCUT2D eigenvalue weighted by Gasteiger charge is -2.35. The summed E-state index contributed by atoms with van der Waals surface area (Å²) in [6, 6.07) is 8.92. The summed E-state index contributed by atoms with van der Waals surface area (Å²) >= 11 is 0. The Balaban J connectivity index is 2.27. The quantitative estimate of drug-likeness (QED) is 0.594. The third kappa shape index (κ3) is 7.20. The summed E-state index contributed by atoms with van der Waals surface area (Å²) in [5.41, 5.74) is 0.436. The highest BCUT2D eigenvalue weighted by molar-refractivity contribution is 7.89. The van der Waals surface area contributed by atoms with E-state index in [1.54, 1.807) is 24.3 Å². The number of amides is 2. The van der Waals surface area contributed by atoms with Gasteiger partial charge in [-0.25, -0.2) is 13.1 Å². The average molecular weight is 464 g/mol. The maximum Gasteiger partial charge on any atom is 0.243 e. The van der Waals surface area contributed by atoms with Crippen molar-refractivity contribution in [2.24, 2.45) is 5.92 Å². The molecule has 2 rings (SSSR count). The van der Waals surface area contributed by atoms with Gasteiger partial charge in [0.15, 0.2) is 0 Å². The van der Waals surface area contributed by atoms with Crippen molar-refractivity contribution in [2.75, 3.05) is 6.54 Å². The highest BCUT2D eigenvalue weighted by Gasteiger charge is 2.35. The molecule has 32 heavy (non-hydrogen) atoms. The molecular formula is C23H33N3O5S. The number of sulfonamides is 1. The van der Waals surface area contributed by atoms with Crippen LogP contribution in [0.5, 0.6) is 0 Å². The van der Waals surface area contributed by atoms with Crippen LogP contribution in [0.15, 0.2) is 52.0 Å². The first-order valence-corrected chi connectivity index (χ1v) is 12.0. The van der Waals surface area contributed by atoms with E-state index in [1.807, 2.05) is 41.5 Å². The van der Waals surface area contributed by atoms with Gasteiger partial charge < -0.3 is 14.6 Å². The number of aryl methyl sites for hydroxylation is 1. The molecule has 0 radical (unpaired) electrons. The minimum absolute atomic E-state index is 0.0402. The summed E-state index contributed by atoms with van der Waals surface area (Å²) in [6.45, 7) is 10.7. The van der Waals surface area contributed by atoms with Gasteiger partial charge in [-0.15, -0.1) is 0 Å². The van der Waals surface area contributed by atoms with E-state index in [4.69, 9.17) is 4.42 Å². The maximum absolute atomic E-state index is 13.2. The average Bonchev–Trinajstić information content (AvgIpc) is 3.17. The zero-order valence-electron chi connectivity index (χ0n) is 19.5. The zero-order valence-corrected chi connectivity index (χ0v) is 20.3. The number of hydrogen-bond acceptors (Lipinski definition) is 5. The zero-order chi connectivity index (χ0) is 24.1. The van der Waals surface area contributed by atoms with Crippen molar-refractivity contribution >= 4 is 21.8 Å². The van der Waals surface area contributed by atoms with E-state index in [-0.39, 0.29) is 23.3 Å². The Kier molecular flexibility index (Phi) is 8.25. The minimum atomic E-state index is -3.88. The second-order valence-electron chi connectivity index (χ2n) is 9.17. The molecule has 0 bridgehead atoms. The fourth-order valence-electron chi connectivity index (χ4n) is 3.22. The van der Waals surface area contributed by atoms with Crippen molar-refractivity contribution in [3.05, 3.63) is 54.0 Å². The molecule has 0 saturated heterocycles. The second-order valence-corrected chi connectivity index (χ2v) is 10.9. The predicted octanol–water partition coefficient (Wildman–Crippen LogP) is 2.83. The van der Waals surface area contributed by atoms with Crippen molar-refractivity contribution in [1.29, 1.82) is 0 Å². The number of hydrogen-bond donors (Lipinski definition) is 2. The molecule has 2 aromatic rings. The van der Waals surface area contributed by atoms with Crippen LogP contribution in [0, 0.1) is 12.8 Å². The molecule has 2 amide bonds. The Morgan fingerprint density at radius 3 is 2.22 bits per heavy atom. The van der Waals surface area contributed by atoms with Crippen molar-refractivity contribution < 1.29 is 22.4 Å². The summed E-state index contributed by atoms with van der Waals surface area (Å²) < 4.78 is 33.0. The van der Waals surface area contributed by atoms with Crippen LogP contribution in [0.2, 0.25) is 0 Å². The first-order valence-electron chi connectivity index (χ1n) is 10.5. The number of furan rings is 1. The van der Waals surface area contributed by atoms with Gasteiger partial charge in [-0.3, -0.25) is 9.59 Å². The Morgan fingerprint density at radius 1 is 1.09 bits per heavy atom. The Morgan fingerprint density at radius 2 is 1.72 bits per heavy atom. The summed E-state index contributed by atoms with van der Waals surface area (Å²) in [6.07, 6.45) is 1.48. The number of nitrogens with zero attached hydrogens (tertiary/aromatic N) is 1. The molecule has 2 N–H and O–H groups in total. The lowest BCUT2D eigenvalue weighted by molar-refractivity contribution is -0.143.